The van der Waals surface area contributed by atoms with Gasteiger partial charge in [0.1, 0.15) is 5.54 Å². The Kier molecular flexibility index (Phi) is 5.87. The lowest BCUT2D eigenvalue weighted by Crippen LogP contribution is -2.47. The Labute approximate surface area is 139 Å². The van der Waals surface area contributed by atoms with Crippen LogP contribution in [-0.2, 0) is 4.79 Å². The summed E-state index contributed by atoms with van der Waals surface area (Å²) in [7, 11) is 0. The molecule has 6 heteroatoms. The first kappa shape index (κ1) is 16.9. The molecule has 1 amide bonds. The van der Waals surface area contributed by atoms with Gasteiger partial charge < -0.3 is 5.32 Å². The highest BCUT2D eigenvalue weighted by atomic mass is 35.5. The van der Waals surface area contributed by atoms with E-state index in [1.54, 1.807) is 36.0 Å². The average Bonchev–Trinajstić information content (AvgIpc) is 2.97. The zero-order valence-electron chi connectivity index (χ0n) is 12.1. The Balaban J connectivity index is 1.76. The van der Waals surface area contributed by atoms with Crippen LogP contribution in [0, 0.1) is 11.3 Å². The summed E-state index contributed by atoms with van der Waals surface area (Å²) in [5.41, 5.74) is -0.118. The average molecular weight is 337 g/mol. The van der Waals surface area contributed by atoms with Crippen molar-refractivity contribution >= 4 is 35.1 Å². The molecule has 0 unspecified atom stereocenters. The number of carbonyl (C=O) groups is 2. The maximum atomic E-state index is 12.0. The molecule has 1 N–H and O–H groups in total. The van der Waals surface area contributed by atoms with Crippen molar-refractivity contribution in [2.24, 2.45) is 0 Å². The number of hydrogen-bond donors (Lipinski definition) is 1. The number of hydrogen-bond acceptors (Lipinski definition) is 4. The van der Waals surface area contributed by atoms with Gasteiger partial charge in [0.2, 0.25) is 5.91 Å². The van der Waals surface area contributed by atoms with Crippen LogP contribution in [0.3, 0.4) is 0 Å². The normalized spacial score (nSPS) is 20.4. The van der Waals surface area contributed by atoms with E-state index >= 15 is 0 Å². The summed E-state index contributed by atoms with van der Waals surface area (Å²) >= 11 is 7.45. The molecule has 2 rings (SSSR count). The predicted octanol–water partition coefficient (Wildman–Crippen LogP) is 3.21. The molecule has 0 bridgehead atoms. The molecule has 0 aliphatic carbocycles. The number of rotatable bonds is 6. The van der Waals surface area contributed by atoms with E-state index in [2.05, 4.69) is 11.4 Å². The molecule has 22 heavy (non-hydrogen) atoms. The first-order chi connectivity index (χ1) is 10.5. The molecule has 1 aromatic rings. The standard InChI is InChI=1S/C16H17ClN2O2S/c17-13-6-4-12(5-7-13)14(20)2-1-3-15(21)19-16(10-18)8-9-22-11-16/h4-7H,1-3,8-9,11H2,(H,19,21)/t16-/m1/s1. The van der Waals surface area contributed by atoms with E-state index in [9.17, 15) is 14.9 Å². The van der Waals surface area contributed by atoms with Crippen molar-refractivity contribution in [2.75, 3.05) is 11.5 Å². The number of benzene rings is 1. The SMILES string of the molecule is N#C[C@]1(NC(=O)CCCC(=O)c2ccc(Cl)cc2)CCSC1. The van der Waals surface area contributed by atoms with E-state index in [0.717, 1.165) is 5.75 Å². The fraction of sp³-hybridized carbons (Fsp3) is 0.438. The van der Waals surface area contributed by atoms with Crippen LogP contribution >= 0.6 is 23.4 Å². The van der Waals surface area contributed by atoms with Crippen LogP contribution in [0.1, 0.15) is 36.0 Å². The quantitative estimate of drug-likeness (QED) is 0.810. The van der Waals surface area contributed by atoms with Gasteiger partial charge in [0.25, 0.3) is 0 Å². The van der Waals surface area contributed by atoms with Crippen LogP contribution in [0.15, 0.2) is 24.3 Å². The second-order valence-electron chi connectivity index (χ2n) is 5.33. The highest BCUT2D eigenvalue weighted by molar-refractivity contribution is 7.99. The van der Waals surface area contributed by atoms with E-state index in [1.807, 2.05) is 0 Å². The number of nitriles is 1. The van der Waals surface area contributed by atoms with Gasteiger partial charge in [0.05, 0.1) is 6.07 Å². The zero-order valence-corrected chi connectivity index (χ0v) is 13.7. The summed E-state index contributed by atoms with van der Waals surface area (Å²) in [6.07, 6.45) is 1.72. The van der Waals surface area contributed by atoms with Crippen molar-refractivity contribution < 1.29 is 9.59 Å². The maximum Gasteiger partial charge on any atom is 0.221 e. The van der Waals surface area contributed by atoms with Crippen LogP contribution in [0.4, 0.5) is 0 Å². The van der Waals surface area contributed by atoms with Gasteiger partial charge in [-0.05, 0) is 42.9 Å². The Bertz CT molecular complexity index is 589. The minimum atomic E-state index is -0.720. The van der Waals surface area contributed by atoms with Crippen molar-refractivity contribution in [3.63, 3.8) is 0 Å². The number of nitrogens with one attached hydrogen (secondary N) is 1. The lowest BCUT2D eigenvalue weighted by atomic mass is 10.0. The van der Waals surface area contributed by atoms with Crippen LogP contribution < -0.4 is 5.32 Å². The highest BCUT2D eigenvalue weighted by Crippen LogP contribution is 2.27. The smallest absolute Gasteiger partial charge is 0.221 e. The molecule has 0 radical (unpaired) electrons. The fourth-order valence-electron chi connectivity index (χ4n) is 2.30. The zero-order chi connectivity index (χ0) is 16.0. The molecular weight excluding hydrogens is 320 g/mol. The van der Waals surface area contributed by atoms with E-state index < -0.39 is 5.54 Å². The molecule has 1 saturated heterocycles. The van der Waals surface area contributed by atoms with E-state index in [1.165, 1.54) is 0 Å². The fourth-order valence-corrected chi connectivity index (χ4v) is 3.69. The van der Waals surface area contributed by atoms with Crippen molar-refractivity contribution in [3.05, 3.63) is 34.9 Å². The summed E-state index contributed by atoms with van der Waals surface area (Å²) < 4.78 is 0. The summed E-state index contributed by atoms with van der Waals surface area (Å²) in [5.74, 6) is 1.37. The number of amides is 1. The van der Waals surface area contributed by atoms with Crippen LogP contribution in [0.25, 0.3) is 0 Å². The summed E-state index contributed by atoms with van der Waals surface area (Å²) in [5, 5.41) is 12.6. The molecule has 0 aromatic heterocycles. The van der Waals surface area contributed by atoms with Gasteiger partial charge >= 0.3 is 0 Å². The predicted molar refractivity (Wildman–Crippen MR) is 88.1 cm³/mol. The van der Waals surface area contributed by atoms with Gasteiger partial charge in [-0.15, -0.1) is 0 Å². The number of ketones is 1. The molecule has 4 nitrogen and oxygen atoms in total. The molecule has 1 heterocycles. The minimum absolute atomic E-state index is 0.00381. The van der Waals surface area contributed by atoms with Gasteiger partial charge in [0.15, 0.2) is 5.78 Å². The third-order valence-electron chi connectivity index (χ3n) is 3.59. The van der Waals surface area contributed by atoms with Crippen molar-refractivity contribution in [3.8, 4) is 6.07 Å². The molecule has 1 aliphatic heterocycles. The van der Waals surface area contributed by atoms with E-state index in [4.69, 9.17) is 11.6 Å². The first-order valence-electron chi connectivity index (χ1n) is 7.13. The monoisotopic (exact) mass is 336 g/mol. The van der Waals surface area contributed by atoms with Crippen LogP contribution in [0.5, 0.6) is 0 Å². The van der Waals surface area contributed by atoms with E-state index in [0.29, 0.717) is 35.6 Å². The van der Waals surface area contributed by atoms with Crippen molar-refractivity contribution in [1.29, 1.82) is 5.26 Å². The molecular formula is C16H17ClN2O2S. The molecule has 1 fully saturated rings. The van der Waals surface area contributed by atoms with Gasteiger partial charge in [-0.2, -0.15) is 17.0 Å². The minimum Gasteiger partial charge on any atom is -0.337 e. The third-order valence-corrected chi connectivity index (χ3v) is 5.03. The summed E-state index contributed by atoms with van der Waals surface area (Å²) in [6, 6.07) is 8.93. The number of nitrogens with zero attached hydrogens (tertiary/aromatic N) is 1. The lowest BCUT2D eigenvalue weighted by molar-refractivity contribution is -0.122. The van der Waals surface area contributed by atoms with Gasteiger partial charge in [-0.25, -0.2) is 0 Å². The molecule has 0 spiro atoms. The topological polar surface area (TPSA) is 70.0 Å². The summed E-state index contributed by atoms with van der Waals surface area (Å²) in [6.45, 7) is 0. The first-order valence-corrected chi connectivity index (χ1v) is 8.67. The number of halogens is 1. The van der Waals surface area contributed by atoms with Gasteiger partial charge in [0, 0.05) is 29.2 Å². The number of carbonyl (C=O) groups excluding carboxylic acids is 2. The number of Topliss-reactive ketones (excluding diaryl/α,β-unsaturated/α-hetero) is 1. The Morgan fingerprint density at radius 3 is 2.64 bits per heavy atom. The van der Waals surface area contributed by atoms with E-state index in [-0.39, 0.29) is 18.1 Å². The number of thioether (sulfide) groups is 1. The molecule has 1 atom stereocenters. The highest BCUT2D eigenvalue weighted by Gasteiger charge is 2.35. The molecule has 1 aromatic carbocycles. The van der Waals surface area contributed by atoms with Crippen LogP contribution in [0.2, 0.25) is 5.02 Å². The van der Waals surface area contributed by atoms with Crippen LogP contribution in [-0.4, -0.2) is 28.7 Å². The lowest BCUT2D eigenvalue weighted by Gasteiger charge is -2.21. The van der Waals surface area contributed by atoms with Gasteiger partial charge in [-0.1, -0.05) is 11.6 Å². The molecule has 0 saturated carbocycles. The second-order valence-corrected chi connectivity index (χ2v) is 6.87. The third kappa shape index (κ3) is 4.49. The maximum absolute atomic E-state index is 12.0. The van der Waals surface area contributed by atoms with Crippen molar-refractivity contribution in [1.82, 2.24) is 5.32 Å². The largest absolute Gasteiger partial charge is 0.337 e. The second kappa shape index (κ2) is 7.66. The Hall–Kier alpha value is -1.51. The van der Waals surface area contributed by atoms with Crippen molar-refractivity contribution in [2.45, 2.75) is 31.2 Å². The molecule has 116 valence electrons. The summed E-state index contributed by atoms with van der Waals surface area (Å²) in [4.78, 5) is 23.9. The van der Waals surface area contributed by atoms with Gasteiger partial charge in [-0.3, -0.25) is 9.59 Å². The Morgan fingerprint density at radius 2 is 2.05 bits per heavy atom. The molecule has 1 aliphatic rings. The Morgan fingerprint density at radius 1 is 1.32 bits per heavy atom.